The fraction of sp³-hybridized carbons (Fsp3) is 1.00. The predicted molar refractivity (Wildman–Crippen MR) is 48.0 cm³/mol. The summed E-state index contributed by atoms with van der Waals surface area (Å²) in [5, 5.41) is 0. The maximum absolute atomic E-state index is 5.53. The zero-order valence-corrected chi connectivity index (χ0v) is 8.46. The molecule has 0 atom stereocenters. The molecule has 0 N–H and O–H groups in total. The number of hydrogen-bond acceptors (Lipinski definition) is 3. The monoisotopic (exact) mass is 173 g/mol. The first-order chi connectivity index (χ1) is 5.49. The summed E-state index contributed by atoms with van der Waals surface area (Å²) < 4.78 is 11.1. The van der Waals surface area contributed by atoms with Crippen molar-refractivity contribution in [1.29, 1.82) is 0 Å². The molecule has 1 rings (SSSR count). The molecule has 1 aliphatic rings. The summed E-state index contributed by atoms with van der Waals surface area (Å²) in [4.78, 5) is 2.16. The molecule has 3 nitrogen and oxygen atoms in total. The number of rotatable bonds is 2. The van der Waals surface area contributed by atoms with E-state index in [1.165, 1.54) is 0 Å². The minimum Gasteiger partial charge on any atom is -0.350 e. The van der Waals surface area contributed by atoms with Crippen LogP contribution in [0.25, 0.3) is 0 Å². The second-order valence-electron chi connectivity index (χ2n) is 4.15. The second-order valence-corrected chi connectivity index (χ2v) is 4.15. The molecule has 0 aromatic rings. The SMILES string of the molecule is CN(C)CC1COC(C)(C)OC1. The summed E-state index contributed by atoms with van der Waals surface area (Å²) in [6, 6.07) is 0. The summed E-state index contributed by atoms with van der Waals surface area (Å²) in [7, 11) is 4.14. The van der Waals surface area contributed by atoms with Gasteiger partial charge in [0.25, 0.3) is 0 Å². The smallest absolute Gasteiger partial charge is 0.162 e. The minimum atomic E-state index is -0.372. The zero-order valence-electron chi connectivity index (χ0n) is 8.46. The Hall–Kier alpha value is -0.120. The average Bonchev–Trinajstić information content (AvgIpc) is 1.93. The van der Waals surface area contributed by atoms with Gasteiger partial charge in [0, 0.05) is 12.5 Å². The molecule has 3 heteroatoms. The highest BCUT2D eigenvalue weighted by Crippen LogP contribution is 2.20. The van der Waals surface area contributed by atoms with Crippen LogP contribution in [-0.4, -0.2) is 44.5 Å². The fourth-order valence-corrected chi connectivity index (χ4v) is 1.35. The van der Waals surface area contributed by atoms with Gasteiger partial charge in [-0.1, -0.05) is 0 Å². The Labute approximate surface area is 74.6 Å². The van der Waals surface area contributed by atoms with Crippen LogP contribution in [0.2, 0.25) is 0 Å². The summed E-state index contributed by atoms with van der Waals surface area (Å²) >= 11 is 0. The Balaban J connectivity index is 2.27. The van der Waals surface area contributed by atoms with E-state index in [4.69, 9.17) is 9.47 Å². The third-order valence-corrected chi connectivity index (χ3v) is 1.96. The highest BCUT2D eigenvalue weighted by Gasteiger charge is 2.28. The van der Waals surface area contributed by atoms with Crippen molar-refractivity contribution in [2.45, 2.75) is 19.6 Å². The van der Waals surface area contributed by atoms with Crippen LogP contribution < -0.4 is 0 Å². The van der Waals surface area contributed by atoms with Crippen LogP contribution >= 0.6 is 0 Å². The maximum Gasteiger partial charge on any atom is 0.162 e. The van der Waals surface area contributed by atoms with Crippen molar-refractivity contribution in [2.75, 3.05) is 33.9 Å². The zero-order chi connectivity index (χ0) is 9.19. The van der Waals surface area contributed by atoms with Crippen molar-refractivity contribution in [3.8, 4) is 0 Å². The number of hydrogen-bond donors (Lipinski definition) is 0. The molecule has 1 saturated heterocycles. The molecule has 0 spiro atoms. The first kappa shape index (κ1) is 9.96. The standard InChI is InChI=1S/C9H19NO2/c1-9(2)11-6-8(7-12-9)5-10(3)4/h8H,5-7H2,1-4H3. The van der Waals surface area contributed by atoms with Gasteiger partial charge in [0.05, 0.1) is 13.2 Å². The van der Waals surface area contributed by atoms with Crippen molar-refractivity contribution in [2.24, 2.45) is 5.92 Å². The lowest BCUT2D eigenvalue weighted by Crippen LogP contribution is -2.42. The number of ether oxygens (including phenoxy) is 2. The van der Waals surface area contributed by atoms with Gasteiger partial charge in [0.15, 0.2) is 5.79 Å². The first-order valence-electron chi connectivity index (χ1n) is 4.42. The van der Waals surface area contributed by atoms with Crippen LogP contribution in [0.3, 0.4) is 0 Å². The largest absolute Gasteiger partial charge is 0.350 e. The molecule has 0 aromatic heterocycles. The first-order valence-corrected chi connectivity index (χ1v) is 4.42. The van der Waals surface area contributed by atoms with E-state index in [-0.39, 0.29) is 5.79 Å². The third kappa shape index (κ3) is 3.09. The molecular weight excluding hydrogens is 154 g/mol. The molecule has 1 heterocycles. The Bertz CT molecular complexity index is 135. The number of nitrogens with zero attached hydrogens (tertiary/aromatic N) is 1. The van der Waals surface area contributed by atoms with Gasteiger partial charge in [-0.05, 0) is 27.9 Å². The second kappa shape index (κ2) is 3.73. The van der Waals surface area contributed by atoms with Crippen LogP contribution in [0.1, 0.15) is 13.8 Å². The maximum atomic E-state index is 5.53. The molecule has 0 radical (unpaired) electrons. The van der Waals surface area contributed by atoms with Crippen LogP contribution in [0.5, 0.6) is 0 Å². The van der Waals surface area contributed by atoms with Gasteiger partial charge in [-0.3, -0.25) is 0 Å². The Morgan fingerprint density at radius 2 is 1.75 bits per heavy atom. The van der Waals surface area contributed by atoms with Gasteiger partial charge in [-0.25, -0.2) is 0 Å². The van der Waals surface area contributed by atoms with E-state index in [1.807, 2.05) is 13.8 Å². The summed E-state index contributed by atoms with van der Waals surface area (Å²) in [6.07, 6.45) is 0. The van der Waals surface area contributed by atoms with Gasteiger partial charge in [-0.15, -0.1) is 0 Å². The lowest BCUT2D eigenvalue weighted by Gasteiger charge is -2.35. The van der Waals surface area contributed by atoms with Crippen LogP contribution in [-0.2, 0) is 9.47 Å². The topological polar surface area (TPSA) is 21.7 Å². The molecule has 0 unspecified atom stereocenters. The molecule has 1 aliphatic heterocycles. The van der Waals surface area contributed by atoms with Crippen molar-refractivity contribution in [3.05, 3.63) is 0 Å². The Morgan fingerprint density at radius 3 is 2.17 bits per heavy atom. The molecule has 0 bridgehead atoms. The summed E-state index contributed by atoms with van der Waals surface area (Å²) in [5.74, 6) is 0.149. The molecule has 72 valence electrons. The normalized spacial score (nSPS) is 24.8. The van der Waals surface area contributed by atoms with E-state index in [0.717, 1.165) is 19.8 Å². The molecule has 12 heavy (non-hydrogen) atoms. The molecule has 0 aromatic carbocycles. The van der Waals surface area contributed by atoms with Crippen molar-refractivity contribution in [1.82, 2.24) is 4.90 Å². The van der Waals surface area contributed by atoms with Crippen LogP contribution in [0, 0.1) is 5.92 Å². The minimum absolute atomic E-state index is 0.372. The predicted octanol–water partition coefficient (Wildman–Crippen LogP) is 0.947. The van der Waals surface area contributed by atoms with Crippen LogP contribution in [0.15, 0.2) is 0 Å². The summed E-state index contributed by atoms with van der Waals surface area (Å²) in [6.45, 7) is 6.57. The van der Waals surface area contributed by atoms with E-state index in [2.05, 4.69) is 19.0 Å². The molecule has 0 amide bonds. The van der Waals surface area contributed by atoms with Crippen molar-refractivity contribution < 1.29 is 9.47 Å². The highest BCUT2D eigenvalue weighted by atomic mass is 16.7. The van der Waals surface area contributed by atoms with E-state index in [1.54, 1.807) is 0 Å². The van der Waals surface area contributed by atoms with Gasteiger partial charge < -0.3 is 14.4 Å². The lowest BCUT2D eigenvalue weighted by molar-refractivity contribution is -0.262. The Morgan fingerprint density at radius 1 is 1.25 bits per heavy atom. The van der Waals surface area contributed by atoms with Crippen LogP contribution in [0.4, 0.5) is 0 Å². The van der Waals surface area contributed by atoms with Gasteiger partial charge in [-0.2, -0.15) is 0 Å². The fourth-order valence-electron chi connectivity index (χ4n) is 1.35. The van der Waals surface area contributed by atoms with Crippen molar-refractivity contribution >= 4 is 0 Å². The van der Waals surface area contributed by atoms with Gasteiger partial charge in [0.1, 0.15) is 0 Å². The average molecular weight is 173 g/mol. The molecule has 1 fully saturated rings. The van der Waals surface area contributed by atoms with Gasteiger partial charge in [0.2, 0.25) is 0 Å². The molecule has 0 saturated carbocycles. The van der Waals surface area contributed by atoms with Gasteiger partial charge >= 0.3 is 0 Å². The van der Waals surface area contributed by atoms with E-state index in [0.29, 0.717) is 5.92 Å². The highest BCUT2D eigenvalue weighted by molar-refractivity contribution is 4.69. The molecule has 0 aliphatic carbocycles. The lowest BCUT2D eigenvalue weighted by atomic mass is 10.1. The van der Waals surface area contributed by atoms with E-state index >= 15 is 0 Å². The quantitative estimate of drug-likeness (QED) is 0.620. The van der Waals surface area contributed by atoms with E-state index in [9.17, 15) is 0 Å². The van der Waals surface area contributed by atoms with Crippen molar-refractivity contribution in [3.63, 3.8) is 0 Å². The molecular formula is C9H19NO2. The third-order valence-electron chi connectivity index (χ3n) is 1.96. The Kier molecular flexibility index (Phi) is 3.09. The summed E-state index contributed by atoms with van der Waals surface area (Å²) in [5.41, 5.74) is 0. The van der Waals surface area contributed by atoms with E-state index < -0.39 is 0 Å².